The van der Waals surface area contributed by atoms with E-state index in [1.807, 2.05) is 41.3 Å². The van der Waals surface area contributed by atoms with Crippen molar-refractivity contribution in [2.45, 2.75) is 32.1 Å². The van der Waals surface area contributed by atoms with Crippen LogP contribution in [0.25, 0.3) is 11.0 Å². The second-order valence-electron chi connectivity index (χ2n) is 16.6. The highest BCUT2D eigenvalue weighted by Crippen LogP contribution is 2.35. The number of piperazine rings is 1. The first-order valence-electron chi connectivity index (χ1n) is 21.8. The van der Waals surface area contributed by atoms with Crippen LogP contribution in [0.2, 0.25) is 5.02 Å². The molecule has 65 heavy (non-hydrogen) atoms. The van der Waals surface area contributed by atoms with Gasteiger partial charge in [0.25, 0.3) is 5.91 Å². The van der Waals surface area contributed by atoms with Crippen LogP contribution in [0.5, 0.6) is 17.2 Å². The molecule has 3 fully saturated rings. The molecule has 5 heterocycles. The normalized spacial score (nSPS) is 16.3. The zero-order chi connectivity index (χ0) is 45.0. The summed E-state index contributed by atoms with van der Waals surface area (Å²) in [5, 5.41) is 3.89. The van der Waals surface area contributed by atoms with Crippen LogP contribution in [-0.4, -0.2) is 108 Å². The summed E-state index contributed by atoms with van der Waals surface area (Å²) in [6.45, 7) is 5.40. The van der Waals surface area contributed by atoms with Gasteiger partial charge in [0.2, 0.25) is 5.91 Å². The van der Waals surface area contributed by atoms with E-state index >= 15 is 4.39 Å². The van der Waals surface area contributed by atoms with Gasteiger partial charge >= 0.3 is 0 Å². The van der Waals surface area contributed by atoms with Crippen molar-refractivity contribution < 1.29 is 33.0 Å². The molecule has 16 heteroatoms. The second-order valence-corrected chi connectivity index (χ2v) is 17.0. The van der Waals surface area contributed by atoms with Crippen LogP contribution in [0.3, 0.4) is 0 Å². The fourth-order valence-electron chi connectivity index (χ4n) is 8.91. The summed E-state index contributed by atoms with van der Waals surface area (Å²) in [4.78, 5) is 71.6. The third kappa shape index (κ3) is 9.52. The molecule has 334 valence electrons. The van der Waals surface area contributed by atoms with Crippen molar-refractivity contribution in [3.05, 3.63) is 125 Å². The number of para-hydroxylation sites is 1. The molecular weight excluding hydrogens is 851 g/mol. The van der Waals surface area contributed by atoms with Crippen molar-refractivity contribution >= 4 is 68.9 Å². The molecule has 3 aliphatic rings. The second kappa shape index (κ2) is 19.1. The van der Waals surface area contributed by atoms with Crippen LogP contribution in [-0.2, 0) is 9.59 Å². The number of halogens is 2. The molecule has 6 aromatic rings. The van der Waals surface area contributed by atoms with E-state index in [9.17, 15) is 19.2 Å². The van der Waals surface area contributed by atoms with E-state index in [1.165, 1.54) is 24.4 Å². The number of benzene rings is 4. The molecule has 9 rings (SSSR count). The van der Waals surface area contributed by atoms with Crippen LogP contribution in [0.15, 0.2) is 97.5 Å². The van der Waals surface area contributed by atoms with Gasteiger partial charge in [-0.05, 0) is 92.4 Å². The first-order chi connectivity index (χ1) is 31.6. The maximum Gasteiger partial charge on any atom is 0.254 e. The predicted octanol–water partition coefficient (Wildman–Crippen LogP) is 8.29. The Labute approximate surface area is 380 Å². The minimum absolute atomic E-state index is 0.0825. The molecule has 4 aromatic carbocycles. The van der Waals surface area contributed by atoms with E-state index in [1.54, 1.807) is 48.7 Å². The highest BCUT2D eigenvalue weighted by atomic mass is 35.5. The molecule has 0 unspecified atom stereocenters. The molecular formula is C49H48ClFN8O6. The predicted molar refractivity (Wildman–Crippen MR) is 246 cm³/mol. The van der Waals surface area contributed by atoms with Gasteiger partial charge in [-0.1, -0.05) is 29.8 Å². The van der Waals surface area contributed by atoms with Gasteiger partial charge in [0, 0.05) is 81.3 Å². The summed E-state index contributed by atoms with van der Waals surface area (Å²) in [6, 6.07) is 24.4. The Morgan fingerprint density at radius 2 is 1.66 bits per heavy atom. The lowest BCUT2D eigenvalue weighted by Crippen LogP contribution is -2.49. The monoisotopic (exact) mass is 898 g/mol. The fourth-order valence-corrected chi connectivity index (χ4v) is 9.17. The third-order valence-corrected chi connectivity index (χ3v) is 12.9. The van der Waals surface area contributed by atoms with Crippen LogP contribution in [0, 0.1) is 11.7 Å². The maximum atomic E-state index is 15.8. The van der Waals surface area contributed by atoms with Gasteiger partial charge in [-0.2, -0.15) is 0 Å². The quantitative estimate of drug-likeness (QED) is 0.0851. The van der Waals surface area contributed by atoms with E-state index in [0.717, 1.165) is 52.0 Å². The Kier molecular flexibility index (Phi) is 12.8. The zero-order valence-corrected chi connectivity index (χ0v) is 36.7. The number of nitrogens with zero attached hydrogens (tertiary/aromatic N) is 6. The molecule has 3 saturated heterocycles. The number of amides is 2. The van der Waals surface area contributed by atoms with Crippen LogP contribution in [0.4, 0.5) is 27.3 Å². The minimum atomic E-state index is -0.358. The highest BCUT2D eigenvalue weighted by Gasteiger charge is 2.30. The first kappa shape index (κ1) is 43.4. The summed E-state index contributed by atoms with van der Waals surface area (Å²) < 4.78 is 27.2. The number of aromatic nitrogens is 3. The Bertz CT molecular complexity index is 2750. The topological polar surface area (TPSA) is 153 Å². The molecule has 0 aliphatic carbocycles. The molecule has 2 N–H and O–H groups in total. The molecule has 0 radical (unpaired) electrons. The molecule has 2 aromatic heterocycles. The number of hydrogen-bond acceptors (Lipinski definition) is 11. The van der Waals surface area contributed by atoms with Gasteiger partial charge < -0.3 is 34.5 Å². The SMILES string of the molecule is COc1ccc(C(=O)N2CCN(CCC3CCN(c4ccc(Nc5ncnc6[nH]cc(C(=O)c7ccc(Oc8ccccc8)cc7Cl)c56)cc4F)CC3)CC2)cc1N1CCC(=O)CC1=O. The van der Waals surface area contributed by atoms with Gasteiger partial charge in [-0.15, -0.1) is 0 Å². The van der Waals surface area contributed by atoms with E-state index in [0.29, 0.717) is 81.3 Å². The first-order valence-corrected chi connectivity index (χ1v) is 22.2. The number of ether oxygens (including phenoxy) is 2. The number of H-pyrrole nitrogens is 1. The van der Waals surface area contributed by atoms with Crippen molar-refractivity contribution in [3.63, 3.8) is 0 Å². The molecule has 0 saturated carbocycles. The van der Waals surface area contributed by atoms with Gasteiger partial charge in [0.1, 0.15) is 46.6 Å². The Hall–Kier alpha value is -6.84. The lowest BCUT2D eigenvalue weighted by Gasteiger charge is -2.37. The lowest BCUT2D eigenvalue weighted by molar-refractivity contribution is -0.128. The van der Waals surface area contributed by atoms with Gasteiger partial charge in [0.05, 0.1) is 40.9 Å². The van der Waals surface area contributed by atoms with Crippen LogP contribution in [0.1, 0.15) is 58.4 Å². The Morgan fingerprint density at radius 1 is 0.862 bits per heavy atom. The number of methoxy groups -OCH3 is 1. The molecule has 14 nitrogen and oxygen atoms in total. The van der Waals surface area contributed by atoms with E-state index in [4.69, 9.17) is 21.1 Å². The van der Waals surface area contributed by atoms with Crippen LogP contribution >= 0.6 is 11.6 Å². The van der Waals surface area contributed by atoms with Crippen molar-refractivity contribution in [1.29, 1.82) is 0 Å². The number of fused-ring (bicyclic) bond motifs is 1. The summed E-state index contributed by atoms with van der Waals surface area (Å²) >= 11 is 6.61. The van der Waals surface area contributed by atoms with Crippen LogP contribution < -0.4 is 24.6 Å². The lowest BCUT2D eigenvalue weighted by atomic mass is 9.93. The van der Waals surface area contributed by atoms with Crippen molar-refractivity contribution in [1.82, 2.24) is 24.8 Å². The number of carbonyl (C=O) groups excluding carboxylic acids is 4. The summed E-state index contributed by atoms with van der Waals surface area (Å²) in [5.74, 6) is 1.33. The third-order valence-electron chi connectivity index (χ3n) is 12.5. The van der Waals surface area contributed by atoms with Crippen molar-refractivity contribution in [2.75, 3.05) is 74.6 Å². The largest absolute Gasteiger partial charge is 0.495 e. The number of rotatable bonds is 13. The molecule has 0 atom stereocenters. The number of hydrogen-bond donors (Lipinski definition) is 2. The highest BCUT2D eigenvalue weighted by molar-refractivity contribution is 6.36. The van der Waals surface area contributed by atoms with E-state index in [2.05, 4.69) is 30.1 Å². The zero-order valence-electron chi connectivity index (χ0n) is 35.9. The van der Waals surface area contributed by atoms with Gasteiger partial charge in [-0.3, -0.25) is 24.1 Å². The average molecular weight is 899 g/mol. The average Bonchev–Trinajstić information content (AvgIpc) is 3.77. The number of carbonyl (C=O) groups is 4. The number of Topliss-reactive ketones (excluding diaryl/α,β-unsaturated/α-hetero) is 1. The maximum absolute atomic E-state index is 15.8. The Balaban J connectivity index is 0.764. The number of ketones is 2. The van der Waals surface area contributed by atoms with Crippen molar-refractivity contribution in [2.24, 2.45) is 5.92 Å². The Morgan fingerprint density at radius 3 is 2.40 bits per heavy atom. The molecule has 2 amide bonds. The standard InChI is InChI=1S/C49H48ClFN8O6/c1-64-43-12-7-32(25-42(43)59-20-16-34(60)27-44(59)61)49(63)58-23-21-56(22-24-58)17-13-31-14-18-57(19-15-31)41-11-8-33(26-40(41)51)55-48-45-38(29-52-47(45)53-30-54-48)46(62)37-10-9-36(28-39(37)50)65-35-5-3-2-4-6-35/h2-12,25-26,28-31H,13-24,27H2,1H3,(H2,52,53,54,55). The van der Waals surface area contributed by atoms with Gasteiger partial charge in [0.15, 0.2) is 5.78 Å². The molecule has 3 aliphatic heterocycles. The minimum Gasteiger partial charge on any atom is -0.495 e. The molecule has 0 spiro atoms. The van der Waals surface area contributed by atoms with E-state index < -0.39 is 0 Å². The molecule has 0 bridgehead atoms. The summed E-state index contributed by atoms with van der Waals surface area (Å²) in [5.41, 5.74) is 3.05. The summed E-state index contributed by atoms with van der Waals surface area (Å²) in [7, 11) is 1.52. The number of anilines is 4. The van der Waals surface area contributed by atoms with E-state index in [-0.39, 0.29) is 59.2 Å². The smallest absolute Gasteiger partial charge is 0.254 e. The number of piperidine rings is 2. The number of aromatic amines is 1. The number of nitrogens with one attached hydrogen (secondary N) is 2. The van der Waals surface area contributed by atoms with Crippen molar-refractivity contribution in [3.8, 4) is 17.2 Å². The fraction of sp³-hybridized carbons (Fsp3) is 0.306. The summed E-state index contributed by atoms with van der Waals surface area (Å²) in [6.07, 6.45) is 6.00. The van der Waals surface area contributed by atoms with Gasteiger partial charge in [-0.25, -0.2) is 14.4 Å².